The second-order valence-electron chi connectivity index (χ2n) is 13.7. The molecule has 0 radical (unpaired) electrons. The molecule has 0 amide bonds. The van der Waals surface area contributed by atoms with Crippen molar-refractivity contribution in [2.75, 3.05) is 0 Å². The maximum Gasteiger partial charge on any atom is 0.164 e. The SMILES string of the molecule is c1ccc(-c2cccc(-c3nc(-c4ccccc4)nc(-c4ccc5c(c4)sc4c(-c6nc(-c7ccccc7)c7sc8ccccc8c7n6)cccc45)n3)c2)cc1. The van der Waals surface area contributed by atoms with Gasteiger partial charge in [-0.3, -0.25) is 0 Å². The van der Waals surface area contributed by atoms with Gasteiger partial charge in [0.05, 0.1) is 15.9 Å². The summed E-state index contributed by atoms with van der Waals surface area (Å²) in [6.45, 7) is 0. The van der Waals surface area contributed by atoms with Gasteiger partial charge in [0.2, 0.25) is 0 Å². The molecule has 0 unspecified atom stereocenters. The van der Waals surface area contributed by atoms with Crippen molar-refractivity contribution in [1.82, 2.24) is 24.9 Å². The minimum absolute atomic E-state index is 0.629. The third-order valence-electron chi connectivity index (χ3n) is 10.2. The van der Waals surface area contributed by atoms with Crippen molar-refractivity contribution < 1.29 is 0 Å². The van der Waals surface area contributed by atoms with Crippen LogP contribution < -0.4 is 0 Å². The molecule has 7 aromatic carbocycles. The van der Waals surface area contributed by atoms with Crippen molar-refractivity contribution in [3.8, 4) is 67.9 Å². The normalized spacial score (nSPS) is 11.6. The van der Waals surface area contributed by atoms with Crippen molar-refractivity contribution >= 4 is 63.1 Å². The molecule has 4 aromatic heterocycles. The molecule has 0 aliphatic carbocycles. The molecule has 56 heavy (non-hydrogen) atoms. The summed E-state index contributed by atoms with van der Waals surface area (Å²) in [7, 11) is 0. The topological polar surface area (TPSA) is 64.5 Å². The molecule has 11 rings (SSSR count). The summed E-state index contributed by atoms with van der Waals surface area (Å²) in [6.07, 6.45) is 0. The smallest absolute Gasteiger partial charge is 0.164 e. The Hall–Kier alpha value is -6.93. The molecule has 0 atom stereocenters. The first kappa shape index (κ1) is 32.5. The van der Waals surface area contributed by atoms with E-state index in [0.717, 1.165) is 75.5 Å². The summed E-state index contributed by atoms with van der Waals surface area (Å²) in [4.78, 5) is 25.8. The van der Waals surface area contributed by atoms with Crippen LogP contribution in [0.25, 0.3) is 108 Å². The first-order valence-corrected chi connectivity index (χ1v) is 20.0. The van der Waals surface area contributed by atoms with Crippen LogP contribution >= 0.6 is 22.7 Å². The van der Waals surface area contributed by atoms with Crippen LogP contribution in [0.15, 0.2) is 176 Å². The first-order valence-electron chi connectivity index (χ1n) is 18.4. The van der Waals surface area contributed by atoms with Crippen molar-refractivity contribution in [3.05, 3.63) is 176 Å². The number of hydrogen-bond acceptors (Lipinski definition) is 7. The van der Waals surface area contributed by atoms with Gasteiger partial charge in [-0.15, -0.1) is 22.7 Å². The van der Waals surface area contributed by atoms with E-state index in [1.807, 2.05) is 42.5 Å². The zero-order chi connectivity index (χ0) is 37.0. The van der Waals surface area contributed by atoms with Gasteiger partial charge in [-0.25, -0.2) is 24.9 Å². The summed E-state index contributed by atoms with van der Waals surface area (Å²) >= 11 is 3.51. The van der Waals surface area contributed by atoms with E-state index in [9.17, 15) is 0 Å². The molecule has 0 N–H and O–H groups in total. The summed E-state index contributed by atoms with van der Waals surface area (Å²) < 4.78 is 4.61. The van der Waals surface area contributed by atoms with Crippen LogP contribution in [-0.4, -0.2) is 24.9 Å². The van der Waals surface area contributed by atoms with Crippen LogP contribution in [0.3, 0.4) is 0 Å². The Labute approximate surface area is 330 Å². The maximum absolute atomic E-state index is 5.30. The lowest BCUT2D eigenvalue weighted by Gasteiger charge is -2.10. The number of thiophene rings is 2. The van der Waals surface area contributed by atoms with E-state index in [0.29, 0.717) is 17.5 Å². The van der Waals surface area contributed by atoms with Gasteiger partial charge < -0.3 is 0 Å². The van der Waals surface area contributed by atoms with E-state index in [1.165, 1.54) is 15.5 Å². The number of nitrogens with zero attached hydrogens (tertiary/aromatic N) is 5. The lowest BCUT2D eigenvalue weighted by atomic mass is 10.0. The van der Waals surface area contributed by atoms with E-state index >= 15 is 0 Å². The van der Waals surface area contributed by atoms with Crippen LogP contribution in [0, 0.1) is 0 Å². The second-order valence-corrected chi connectivity index (χ2v) is 15.8. The highest BCUT2D eigenvalue weighted by molar-refractivity contribution is 7.26. The molecular weight excluding hydrogens is 723 g/mol. The van der Waals surface area contributed by atoms with E-state index in [1.54, 1.807) is 22.7 Å². The molecular formula is C49H29N5S2. The predicted octanol–water partition coefficient (Wildman–Crippen LogP) is 13.4. The van der Waals surface area contributed by atoms with Crippen molar-refractivity contribution in [3.63, 3.8) is 0 Å². The highest BCUT2D eigenvalue weighted by Crippen LogP contribution is 2.43. The monoisotopic (exact) mass is 751 g/mol. The Morgan fingerprint density at radius 3 is 1.64 bits per heavy atom. The van der Waals surface area contributed by atoms with Gasteiger partial charge in [0, 0.05) is 58.1 Å². The molecule has 0 fully saturated rings. The average Bonchev–Trinajstić information content (AvgIpc) is 3.85. The predicted molar refractivity (Wildman–Crippen MR) is 234 cm³/mol. The van der Waals surface area contributed by atoms with Gasteiger partial charge in [-0.2, -0.15) is 0 Å². The van der Waals surface area contributed by atoms with Gasteiger partial charge in [0.25, 0.3) is 0 Å². The zero-order valence-corrected chi connectivity index (χ0v) is 31.4. The number of fused-ring (bicyclic) bond motifs is 6. The molecule has 262 valence electrons. The maximum atomic E-state index is 5.30. The molecule has 7 heteroatoms. The van der Waals surface area contributed by atoms with E-state index in [-0.39, 0.29) is 0 Å². The Kier molecular flexibility index (Phi) is 7.79. The van der Waals surface area contributed by atoms with Gasteiger partial charge in [-0.1, -0.05) is 152 Å². The molecule has 0 bridgehead atoms. The summed E-state index contributed by atoms with van der Waals surface area (Å²) in [5.74, 6) is 2.62. The van der Waals surface area contributed by atoms with Crippen LogP contribution in [-0.2, 0) is 0 Å². The van der Waals surface area contributed by atoms with Gasteiger partial charge in [-0.05, 0) is 35.4 Å². The third-order valence-corrected chi connectivity index (χ3v) is 12.5. The molecule has 4 heterocycles. The van der Waals surface area contributed by atoms with Crippen molar-refractivity contribution in [2.24, 2.45) is 0 Å². The highest BCUT2D eigenvalue weighted by atomic mass is 32.1. The Bertz CT molecular complexity index is 3250. The molecule has 0 aliphatic rings. The summed E-state index contributed by atoms with van der Waals surface area (Å²) in [6, 6.07) is 60.9. The third kappa shape index (κ3) is 5.64. The van der Waals surface area contributed by atoms with E-state index in [4.69, 9.17) is 24.9 Å². The van der Waals surface area contributed by atoms with Crippen LogP contribution in [0.2, 0.25) is 0 Å². The molecule has 0 saturated carbocycles. The standard InChI is InChI=1S/C49H29N5S2/c1-4-14-30(15-5-1)33-20-12-21-34(28-33)47-52-46(32-18-8-3-9-19-32)53-48(54-47)35-26-27-36-37-23-13-24-39(44(37)56-41(36)29-35)49-50-42(31-16-6-2-7-17-31)45-43(51-49)38-22-10-11-25-40(38)55-45/h1-29H. The summed E-state index contributed by atoms with van der Waals surface area (Å²) in [5, 5.41) is 3.50. The Morgan fingerprint density at radius 1 is 0.304 bits per heavy atom. The lowest BCUT2D eigenvalue weighted by Crippen LogP contribution is -2.00. The molecule has 0 aliphatic heterocycles. The van der Waals surface area contributed by atoms with Crippen LogP contribution in [0.4, 0.5) is 0 Å². The molecule has 0 saturated heterocycles. The van der Waals surface area contributed by atoms with Crippen molar-refractivity contribution in [2.45, 2.75) is 0 Å². The largest absolute Gasteiger partial charge is 0.226 e. The fourth-order valence-electron chi connectivity index (χ4n) is 7.44. The van der Waals surface area contributed by atoms with Gasteiger partial charge in [0.1, 0.15) is 0 Å². The number of rotatable bonds is 6. The molecule has 5 nitrogen and oxygen atoms in total. The van der Waals surface area contributed by atoms with Crippen LogP contribution in [0.1, 0.15) is 0 Å². The first-order chi connectivity index (χ1) is 27.7. The van der Waals surface area contributed by atoms with Gasteiger partial charge in [0.15, 0.2) is 23.3 Å². The zero-order valence-electron chi connectivity index (χ0n) is 29.8. The lowest BCUT2D eigenvalue weighted by molar-refractivity contribution is 1.07. The quantitative estimate of drug-likeness (QED) is 0.169. The minimum atomic E-state index is 0.629. The highest BCUT2D eigenvalue weighted by Gasteiger charge is 2.20. The number of benzene rings is 7. The fraction of sp³-hybridized carbons (Fsp3) is 0. The summed E-state index contributed by atoms with van der Waals surface area (Å²) in [5.41, 5.74) is 9.11. The Balaban J connectivity index is 1.07. The van der Waals surface area contributed by atoms with E-state index < -0.39 is 0 Å². The minimum Gasteiger partial charge on any atom is -0.226 e. The molecule has 11 aromatic rings. The number of aromatic nitrogens is 5. The van der Waals surface area contributed by atoms with E-state index in [2.05, 4.69) is 133 Å². The number of hydrogen-bond donors (Lipinski definition) is 0. The molecule has 0 spiro atoms. The second kappa shape index (κ2) is 13.4. The average molecular weight is 752 g/mol. The fourth-order valence-corrected chi connectivity index (χ4v) is 9.84. The van der Waals surface area contributed by atoms with Gasteiger partial charge >= 0.3 is 0 Å². The van der Waals surface area contributed by atoms with Crippen LogP contribution in [0.5, 0.6) is 0 Å². The van der Waals surface area contributed by atoms with Crippen molar-refractivity contribution in [1.29, 1.82) is 0 Å². The Morgan fingerprint density at radius 2 is 0.875 bits per heavy atom.